The number of carbonyl (C=O) groups is 2. The number of ketones is 1. The second kappa shape index (κ2) is 9.12. The van der Waals surface area contributed by atoms with Crippen LogP contribution in [0.25, 0.3) is 11.5 Å². The summed E-state index contributed by atoms with van der Waals surface area (Å²) >= 11 is 0. The molecule has 3 rings (SSSR count). The summed E-state index contributed by atoms with van der Waals surface area (Å²) < 4.78 is 15.5. The molecule has 0 spiro atoms. The monoisotopic (exact) mass is 412 g/mol. The fraction of sp³-hybridized carbons (Fsp3) is 0.250. The van der Waals surface area contributed by atoms with Gasteiger partial charge in [0.05, 0.1) is 12.7 Å². The Bertz CT molecular complexity index is 1080. The van der Waals surface area contributed by atoms with Crippen molar-refractivity contribution in [2.45, 2.75) is 26.3 Å². The summed E-state index contributed by atoms with van der Waals surface area (Å²) in [5.74, 6) is -1.72. The standard InChI is InChI=1S/C20H21FN6O3/c1-12(28)17-9-16(26-27(17)11-13-5-2-3-6-15(13)22)20-24-10-14(21)19(25-20)23-8-4-7-18(29)30/h2-3,5-6,9-10H,4,7-8,11,22H2,1H3,(H,29,30)(H,23,24,25). The van der Waals surface area contributed by atoms with E-state index in [4.69, 9.17) is 10.8 Å². The third-order valence-corrected chi connectivity index (χ3v) is 4.35. The number of benzene rings is 1. The highest BCUT2D eigenvalue weighted by molar-refractivity contribution is 5.93. The Morgan fingerprint density at radius 3 is 2.77 bits per heavy atom. The highest BCUT2D eigenvalue weighted by Gasteiger charge is 2.17. The number of Topliss-reactive ketones (excluding diaryl/α,β-unsaturated/α-hetero) is 1. The zero-order chi connectivity index (χ0) is 21.7. The topological polar surface area (TPSA) is 136 Å². The van der Waals surface area contributed by atoms with Crippen LogP contribution in [0.1, 0.15) is 35.8 Å². The van der Waals surface area contributed by atoms with Crippen molar-refractivity contribution in [1.29, 1.82) is 0 Å². The number of carboxylic acid groups (broad SMARTS) is 1. The first-order valence-corrected chi connectivity index (χ1v) is 9.26. The van der Waals surface area contributed by atoms with E-state index < -0.39 is 11.8 Å². The first kappa shape index (κ1) is 20.9. The van der Waals surface area contributed by atoms with Gasteiger partial charge in [-0.3, -0.25) is 14.3 Å². The molecule has 2 aromatic heterocycles. The van der Waals surface area contributed by atoms with Crippen molar-refractivity contribution in [3.8, 4) is 11.5 Å². The minimum atomic E-state index is -0.929. The van der Waals surface area contributed by atoms with Gasteiger partial charge >= 0.3 is 5.97 Å². The number of aromatic nitrogens is 4. The Morgan fingerprint density at radius 1 is 1.30 bits per heavy atom. The van der Waals surface area contributed by atoms with Gasteiger partial charge in [0.15, 0.2) is 23.2 Å². The number of para-hydroxylation sites is 1. The van der Waals surface area contributed by atoms with Crippen LogP contribution in [0.15, 0.2) is 36.5 Å². The minimum absolute atomic E-state index is 0.0401. The maximum atomic E-state index is 14.0. The molecule has 0 unspecified atom stereocenters. The van der Waals surface area contributed by atoms with E-state index in [9.17, 15) is 14.0 Å². The van der Waals surface area contributed by atoms with Gasteiger partial charge in [-0.25, -0.2) is 14.4 Å². The molecule has 9 nitrogen and oxygen atoms in total. The average Bonchev–Trinajstić information content (AvgIpc) is 3.12. The van der Waals surface area contributed by atoms with Gasteiger partial charge < -0.3 is 16.2 Å². The van der Waals surface area contributed by atoms with Crippen LogP contribution in [0.5, 0.6) is 0 Å². The van der Waals surface area contributed by atoms with Crippen LogP contribution < -0.4 is 11.1 Å². The predicted molar refractivity (Wildman–Crippen MR) is 109 cm³/mol. The summed E-state index contributed by atoms with van der Waals surface area (Å²) in [6.45, 7) is 1.94. The normalized spacial score (nSPS) is 10.7. The zero-order valence-corrected chi connectivity index (χ0v) is 16.3. The van der Waals surface area contributed by atoms with Gasteiger partial charge in [-0.05, 0) is 24.1 Å². The average molecular weight is 412 g/mol. The van der Waals surface area contributed by atoms with Gasteiger partial charge in [0, 0.05) is 25.6 Å². The number of nitrogens with two attached hydrogens (primary N) is 1. The van der Waals surface area contributed by atoms with Crippen molar-refractivity contribution in [3.63, 3.8) is 0 Å². The summed E-state index contributed by atoms with van der Waals surface area (Å²) in [5.41, 5.74) is 8.02. The quantitative estimate of drug-likeness (QED) is 0.277. The molecular weight excluding hydrogens is 391 g/mol. The molecule has 156 valence electrons. The number of nitrogens with zero attached hydrogens (tertiary/aromatic N) is 4. The Morgan fingerprint density at radius 2 is 2.07 bits per heavy atom. The number of aliphatic carboxylic acids is 1. The molecule has 0 saturated heterocycles. The number of anilines is 2. The smallest absolute Gasteiger partial charge is 0.303 e. The summed E-state index contributed by atoms with van der Waals surface area (Å²) in [7, 11) is 0. The SMILES string of the molecule is CC(=O)c1cc(-c2ncc(F)c(NCCCC(=O)O)n2)nn1Cc1ccccc1N. The molecule has 0 aliphatic rings. The number of halogens is 1. The third-order valence-electron chi connectivity index (χ3n) is 4.35. The van der Waals surface area contributed by atoms with Crippen molar-refractivity contribution in [3.05, 3.63) is 53.6 Å². The van der Waals surface area contributed by atoms with E-state index in [2.05, 4.69) is 20.4 Å². The number of hydrogen-bond donors (Lipinski definition) is 3. The number of carbonyl (C=O) groups excluding carboxylic acids is 1. The van der Waals surface area contributed by atoms with Crippen molar-refractivity contribution in [2.24, 2.45) is 0 Å². The molecule has 0 radical (unpaired) electrons. The van der Waals surface area contributed by atoms with E-state index in [-0.39, 0.29) is 36.9 Å². The maximum absolute atomic E-state index is 14.0. The van der Waals surface area contributed by atoms with Crippen LogP contribution >= 0.6 is 0 Å². The number of hydrogen-bond acceptors (Lipinski definition) is 7. The Hall–Kier alpha value is -3.82. The molecule has 0 aliphatic heterocycles. The number of rotatable bonds is 9. The molecule has 10 heteroatoms. The van der Waals surface area contributed by atoms with E-state index >= 15 is 0 Å². The summed E-state index contributed by atoms with van der Waals surface area (Å²) in [6.07, 6.45) is 1.28. The van der Waals surface area contributed by atoms with Crippen molar-refractivity contribution >= 4 is 23.3 Å². The Kier molecular flexibility index (Phi) is 6.35. The lowest BCUT2D eigenvalue weighted by molar-refractivity contribution is -0.137. The van der Waals surface area contributed by atoms with Gasteiger partial charge in [-0.15, -0.1) is 0 Å². The van der Waals surface area contributed by atoms with Gasteiger partial charge in [0.25, 0.3) is 0 Å². The molecule has 0 atom stereocenters. The highest BCUT2D eigenvalue weighted by Crippen LogP contribution is 2.21. The van der Waals surface area contributed by atoms with E-state index in [1.165, 1.54) is 11.6 Å². The largest absolute Gasteiger partial charge is 0.481 e. The zero-order valence-electron chi connectivity index (χ0n) is 16.3. The lowest BCUT2D eigenvalue weighted by atomic mass is 10.2. The van der Waals surface area contributed by atoms with E-state index in [0.717, 1.165) is 11.8 Å². The van der Waals surface area contributed by atoms with Crippen LogP contribution in [-0.2, 0) is 11.3 Å². The molecule has 0 fully saturated rings. The Balaban J connectivity index is 1.86. The van der Waals surface area contributed by atoms with Crippen LogP contribution in [-0.4, -0.2) is 43.2 Å². The molecule has 0 aliphatic carbocycles. The Labute approximate surface area is 171 Å². The van der Waals surface area contributed by atoms with Crippen molar-refractivity contribution in [2.75, 3.05) is 17.6 Å². The lowest BCUT2D eigenvalue weighted by Crippen LogP contribution is -2.11. The molecule has 1 aromatic carbocycles. The van der Waals surface area contributed by atoms with Gasteiger partial charge in [0.1, 0.15) is 11.4 Å². The molecule has 0 bridgehead atoms. The van der Waals surface area contributed by atoms with Crippen LogP contribution in [0.2, 0.25) is 0 Å². The minimum Gasteiger partial charge on any atom is -0.481 e. The second-order valence-corrected chi connectivity index (χ2v) is 6.64. The van der Waals surface area contributed by atoms with Crippen LogP contribution in [0, 0.1) is 5.82 Å². The van der Waals surface area contributed by atoms with E-state index in [1.807, 2.05) is 18.2 Å². The first-order valence-electron chi connectivity index (χ1n) is 9.26. The summed E-state index contributed by atoms with van der Waals surface area (Å²) in [5, 5.41) is 15.9. The first-order chi connectivity index (χ1) is 14.3. The fourth-order valence-corrected chi connectivity index (χ4v) is 2.83. The fourth-order valence-electron chi connectivity index (χ4n) is 2.83. The summed E-state index contributed by atoms with van der Waals surface area (Å²) in [4.78, 5) is 30.8. The van der Waals surface area contributed by atoms with E-state index in [1.54, 1.807) is 12.1 Å². The highest BCUT2D eigenvalue weighted by atomic mass is 19.1. The number of nitrogens with one attached hydrogen (secondary N) is 1. The molecule has 3 aromatic rings. The van der Waals surface area contributed by atoms with Gasteiger partial charge in [-0.2, -0.15) is 5.10 Å². The predicted octanol–water partition coefficient (Wildman–Crippen LogP) is 2.59. The van der Waals surface area contributed by atoms with Crippen molar-refractivity contribution < 1.29 is 19.1 Å². The number of carboxylic acids is 1. The lowest BCUT2D eigenvalue weighted by Gasteiger charge is -2.08. The molecular formula is C20H21FN6O3. The van der Waals surface area contributed by atoms with Crippen molar-refractivity contribution in [1.82, 2.24) is 19.7 Å². The maximum Gasteiger partial charge on any atom is 0.303 e. The summed E-state index contributed by atoms with van der Waals surface area (Å²) in [6, 6.07) is 8.81. The number of nitrogen functional groups attached to an aromatic ring is 1. The molecule has 4 N–H and O–H groups in total. The molecule has 0 saturated carbocycles. The molecule has 0 amide bonds. The van der Waals surface area contributed by atoms with Crippen LogP contribution in [0.3, 0.4) is 0 Å². The molecule has 2 heterocycles. The van der Waals surface area contributed by atoms with Gasteiger partial charge in [0.2, 0.25) is 0 Å². The van der Waals surface area contributed by atoms with E-state index in [0.29, 0.717) is 23.5 Å². The second-order valence-electron chi connectivity index (χ2n) is 6.64. The molecule has 30 heavy (non-hydrogen) atoms. The van der Waals surface area contributed by atoms with Gasteiger partial charge in [-0.1, -0.05) is 18.2 Å². The van der Waals surface area contributed by atoms with Crippen LogP contribution in [0.4, 0.5) is 15.9 Å². The third kappa shape index (κ3) is 4.96.